The predicted molar refractivity (Wildman–Crippen MR) is 157 cm³/mol. The summed E-state index contributed by atoms with van der Waals surface area (Å²) in [5.41, 5.74) is 5.29. The van der Waals surface area contributed by atoms with Crippen molar-refractivity contribution in [3.8, 4) is 11.3 Å². The van der Waals surface area contributed by atoms with Crippen molar-refractivity contribution in [3.63, 3.8) is 0 Å². The molecule has 6 heterocycles. The molecule has 1 unspecified atom stereocenters. The van der Waals surface area contributed by atoms with Crippen molar-refractivity contribution in [2.45, 2.75) is 46.2 Å². The third kappa shape index (κ3) is 6.13. The van der Waals surface area contributed by atoms with Gasteiger partial charge in [0.25, 0.3) is 0 Å². The van der Waals surface area contributed by atoms with E-state index in [1.165, 1.54) is 24.4 Å². The number of fused-ring (bicyclic) bond motifs is 1. The van der Waals surface area contributed by atoms with Gasteiger partial charge < -0.3 is 10.6 Å². The van der Waals surface area contributed by atoms with Crippen LogP contribution in [0.1, 0.15) is 37.6 Å². The van der Waals surface area contributed by atoms with Crippen LogP contribution < -0.4 is 10.6 Å². The van der Waals surface area contributed by atoms with Crippen molar-refractivity contribution >= 4 is 39.6 Å². The Balaban J connectivity index is 1.14. The first-order valence-corrected chi connectivity index (χ1v) is 14.6. The molecule has 2 aliphatic rings. The number of aromatic nitrogens is 6. The Morgan fingerprint density at radius 2 is 2.17 bits per heavy atom. The van der Waals surface area contributed by atoms with Gasteiger partial charge in [-0.05, 0) is 62.3 Å². The third-order valence-corrected chi connectivity index (χ3v) is 7.90. The van der Waals surface area contributed by atoms with Crippen LogP contribution in [0.5, 0.6) is 0 Å². The summed E-state index contributed by atoms with van der Waals surface area (Å²) in [6, 6.07) is 2.11. The lowest BCUT2D eigenvalue weighted by Crippen LogP contribution is -2.33. The summed E-state index contributed by atoms with van der Waals surface area (Å²) in [5.74, 6) is 1.31. The Kier molecular flexibility index (Phi) is 7.69. The molecule has 0 bridgehead atoms. The van der Waals surface area contributed by atoms with Crippen LogP contribution in [-0.4, -0.2) is 71.2 Å². The normalized spacial score (nSPS) is 17.8. The van der Waals surface area contributed by atoms with Crippen LogP contribution in [-0.2, 0) is 17.9 Å². The molecule has 1 saturated heterocycles. The first kappa shape index (κ1) is 26.3. The molecule has 6 rings (SSSR count). The monoisotopic (exact) mass is 558 g/mol. The Bertz CT molecular complexity index is 1560. The van der Waals surface area contributed by atoms with Crippen LogP contribution in [0, 0.1) is 12.8 Å². The molecule has 2 N–H and O–H groups in total. The molecule has 0 radical (unpaired) electrons. The number of piperidine rings is 1. The van der Waals surface area contributed by atoms with Crippen molar-refractivity contribution in [3.05, 3.63) is 54.4 Å². The summed E-state index contributed by atoms with van der Waals surface area (Å²) in [4.78, 5) is 28.8. The van der Waals surface area contributed by atoms with Crippen LogP contribution in [0.15, 0.2) is 48.0 Å². The molecular weight excluding hydrogens is 524 g/mol. The number of nitrogens with one attached hydrogen (secondary N) is 2. The molecule has 0 aliphatic carbocycles. The van der Waals surface area contributed by atoms with E-state index in [0.717, 1.165) is 71.9 Å². The number of aryl methyl sites for hydroxylation is 1. The molecule has 0 saturated carbocycles. The zero-order chi connectivity index (χ0) is 27.5. The summed E-state index contributed by atoms with van der Waals surface area (Å²) in [7, 11) is 0. The summed E-state index contributed by atoms with van der Waals surface area (Å²) in [6.45, 7) is 8.76. The van der Waals surface area contributed by atoms with Gasteiger partial charge in [0.1, 0.15) is 11.5 Å². The highest BCUT2D eigenvalue weighted by molar-refractivity contribution is 7.10. The summed E-state index contributed by atoms with van der Waals surface area (Å²) >= 11 is 1.45. The number of anilines is 2. The number of carbonyl (C=O) groups excluding carboxylic acids is 1. The maximum absolute atomic E-state index is 12.5. The lowest BCUT2D eigenvalue weighted by Gasteiger charge is -2.30. The second kappa shape index (κ2) is 11.7. The minimum atomic E-state index is -0.111. The smallest absolute Gasteiger partial charge is 0.242 e. The van der Waals surface area contributed by atoms with E-state index >= 15 is 0 Å². The van der Waals surface area contributed by atoms with E-state index in [-0.39, 0.29) is 12.5 Å². The van der Waals surface area contributed by atoms with E-state index in [1.807, 2.05) is 36.0 Å². The molecular formula is C28H34N10OS. The number of hydrogen-bond donors (Lipinski definition) is 2. The van der Waals surface area contributed by atoms with E-state index in [9.17, 15) is 4.79 Å². The van der Waals surface area contributed by atoms with E-state index in [1.54, 1.807) is 10.9 Å². The number of hydrogen-bond acceptors (Lipinski definition) is 9. The molecule has 12 heteroatoms. The predicted octanol–water partition coefficient (Wildman–Crippen LogP) is 3.85. The lowest BCUT2D eigenvalue weighted by atomic mass is 10.0. The van der Waals surface area contributed by atoms with E-state index in [2.05, 4.69) is 54.0 Å². The number of aliphatic imine (C=N–C) groups is 1. The molecule has 1 atom stereocenters. The maximum atomic E-state index is 12.5. The van der Waals surface area contributed by atoms with Crippen LogP contribution >= 0.6 is 11.5 Å². The van der Waals surface area contributed by atoms with Crippen molar-refractivity contribution in [2.75, 3.05) is 31.5 Å². The van der Waals surface area contributed by atoms with Crippen molar-refractivity contribution in [1.29, 1.82) is 0 Å². The average molecular weight is 559 g/mol. The SMILES string of the molecule is Cc1cn2c(-c3cnn(CC(=O)NCC4=NCCC=C4)c3)cnc2c(Nc2cc(CN3CCCC(C)C3)ns2)n1. The summed E-state index contributed by atoms with van der Waals surface area (Å²) in [5, 5.41) is 11.7. The molecule has 11 nitrogen and oxygen atoms in total. The number of amides is 1. The maximum Gasteiger partial charge on any atom is 0.242 e. The Hall–Kier alpha value is -3.90. The second-order valence-electron chi connectivity index (χ2n) is 10.6. The largest absolute Gasteiger partial charge is 0.349 e. The van der Waals surface area contributed by atoms with E-state index in [4.69, 9.17) is 4.98 Å². The fourth-order valence-electron chi connectivity index (χ4n) is 5.27. The molecule has 4 aromatic rings. The molecule has 40 heavy (non-hydrogen) atoms. The van der Waals surface area contributed by atoms with Gasteiger partial charge in [-0.25, -0.2) is 9.97 Å². The summed E-state index contributed by atoms with van der Waals surface area (Å²) in [6.07, 6.45) is 14.9. The first-order valence-electron chi connectivity index (χ1n) is 13.8. The quantitative estimate of drug-likeness (QED) is 0.320. The zero-order valence-corrected chi connectivity index (χ0v) is 23.7. The number of carbonyl (C=O) groups is 1. The zero-order valence-electron chi connectivity index (χ0n) is 22.9. The number of rotatable bonds is 9. The van der Waals surface area contributed by atoms with Gasteiger partial charge in [-0.3, -0.25) is 23.8 Å². The van der Waals surface area contributed by atoms with Gasteiger partial charge in [-0.15, -0.1) is 0 Å². The van der Waals surface area contributed by atoms with Gasteiger partial charge in [-0.1, -0.05) is 13.0 Å². The van der Waals surface area contributed by atoms with Crippen molar-refractivity contribution in [2.24, 2.45) is 10.9 Å². The molecule has 208 valence electrons. The molecule has 1 fully saturated rings. The van der Waals surface area contributed by atoms with Gasteiger partial charge in [0.05, 0.1) is 41.7 Å². The highest BCUT2D eigenvalue weighted by Crippen LogP contribution is 2.28. The minimum absolute atomic E-state index is 0.111. The highest BCUT2D eigenvalue weighted by Gasteiger charge is 2.19. The molecule has 1 amide bonds. The Morgan fingerprint density at radius 3 is 3.02 bits per heavy atom. The molecule has 0 spiro atoms. The third-order valence-electron chi connectivity index (χ3n) is 7.16. The molecule has 2 aliphatic heterocycles. The van der Waals surface area contributed by atoms with E-state index in [0.29, 0.717) is 18.0 Å². The number of dihydropyridines is 1. The number of nitrogens with zero attached hydrogens (tertiary/aromatic N) is 8. The van der Waals surface area contributed by atoms with Gasteiger partial charge in [0.2, 0.25) is 5.91 Å². The number of imidazole rings is 1. The van der Waals surface area contributed by atoms with Crippen LogP contribution in [0.4, 0.5) is 10.8 Å². The Morgan fingerprint density at radius 1 is 1.25 bits per heavy atom. The minimum Gasteiger partial charge on any atom is -0.349 e. The molecule has 4 aromatic heterocycles. The average Bonchev–Trinajstić information content (AvgIpc) is 3.68. The second-order valence-corrected chi connectivity index (χ2v) is 11.4. The van der Waals surface area contributed by atoms with E-state index < -0.39 is 0 Å². The first-order chi connectivity index (χ1) is 19.5. The number of likely N-dealkylation sites (tertiary alicyclic amines) is 1. The topological polar surface area (TPSA) is 118 Å². The fourth-order valence-corrected chi connectivity index (χ4v) is 5.93. The van der Waals surface area contributed by atoms with Crippen LogP contribution in [0.25, 0.3) is 16.9 Å². The van der Waals surface area contributed by atoms with Gasteiger partial charge in [0, 0.05) is 37.6 Å². The van der Waals surface area contributed by atoms with Crippen molar-refractivity contribution < 1.29 is 4.79 Å². The summed E-state index contributed by atoms with van der Waals surface area (Å²) < 4.78 is 8.33. The van der Waals surface area contributed by atoms with Gasteiger partial charge in [0.15, 0.2) is 11.5 Å². The lowest BCUT2D eigenvalue weighted by molar-refractivity contribution is -0.121. The van der Waals surface area contributed by atoms with Gasteiger partial charge >= 0.3 is 0 Å². The standard InChI is InChI=1S/C28H34N10OS/c1-19-6-5-9-36(14-19)17-23-10-26(40-35-23)34-27-28-31-13-24(38(28)15-20(2)33-27)21-11-32-37(16-21)18-25(39)30-12-22-7-3-4-8-29-22/h3,7,10-11,13,15-16,19H,4-6,8-9,12,14,17-18H2,1-2H3,(H,30,39)(H,33,34). The molecule has 0 aromatic carbocycles. The fraction of sp³-hybridized carbons (Fsp3) is 0.429. The highest BCUT2D eigenvalue weighted by atomic mass is 32.1. The van der Waals surface area contributed by atoms with Gasteiger partial charge in [-0.2, -0.15) is 9.47 Å². The van der Waals surface area contributed by atoms with Crippen molar-refractivity contribution in [1.82, 2.24) is 38.7 Å². The van der Waals surface area contributed by atoms with Crippen LogP contribution in [0.3, 0.4) is 0 Å². The Labute approximate surface area is 237 Å². The van der Waals surface area contributed by atoms with Crippen LogP contribution in [0.2, 0.25) is 0 Å².